The molecule has 0 aliphatic carbocycles. The van der Waals surface area contributed by atoms with Gasteiger partial charge in [-0.15, -0.1) is 0 Å². The molecule has 0 spiro atoms. The molecule has 2 aromatic carbocycles. The Bertz CT molecular complexity index is 1270. The Morgan fingerprint density at radius 2 is 1.71 bits per heavy atom. The second-order valence-electron chi connectivity index (χ2n) is 8.47. The summed E-state index contributed by atoms with van der Waals surface area (Å²) in [6.07, 6.45) is 3.97. The fourth-order valence-electron chi connectivity index (χ4n) is 4.17. The number of methoxy groups -OCH3 is 1. The van der Waals surface area contributed by atoms with Crippen molar-refractivity contribution in [3.8, 4) is 11.4 Å². The average Bonchev–Trinajstić information content (AvgIpc) is 3.39. The van der Waals surface area contributed by atoms with E-state index in [1.54, 1.807) is 19.1 Å². The van der Waals surface area contributed by atoms with E-state index >= 15 is 0 Å². The van der Waals surface area contributed by atoms with E-state index < -0.39 is 0 Å². The summed E-state index contributed by atoms with van der Waals surface area (Å²) in [6, 6.07) is 18.1. The molecule has 1 aromatic heterocycles. The molecule has 0 N–H and O–H groups in total. The summed E-state index contributed by atoms with van der Waals surface area (Å²) in [5, 5.41) is 0.673. The third kappa shape index (κ3) is 4.99. The predicted molar refractivity (Wildman–Crippen MR) is 142 cm³/mol. The zero-order valence-corrected chi connectivity index (χ0v) is 20.9. The molecule has 0 saturated carbocycles. The van der Waals surface area contributed by atoms with E-state index in [9.17, 15) is 4.79 Å². The molecule has 0 atom stereocenters. The third-order valence-corrected chi connectivity index (χ3v) is 7.20. The van der Waals surface area contributed by atoms with Gasteiger partial charge in [0.15, 0.2) is 5.17 Å². The average molecular weight is 489 g/mol. The lowest BCUT2D eigenvalue weighted by Crippen LogP contribution is -2.36. The second-order valence-corrected chi connectivity index (χ2v) is 9.48. The highest BCUT2D eigenvalue weighted by Gasteiger charge is 2.30. The molecular formula is C27H28N4O3S. The number of hydrogen-bond donors (Lipinski definition) is 0. The largest absolute Gasteiger partial charge is 0.497 e. The van der Waals surface area contributed by atoms with Crippen LogP contribution in [0.1, 0.15) is 11.3 Å². The second kappa shape index (κ2) is 10.0. The number of aryl methyl sites for hydroxylation is 1. The lowest BCUT2D eigenvalue weighted by atomic mass is 10.2. The lowest BCUT2D eigenvalue weighted by Gasteiger charge is -2.28. The standard InChI is InChI=1S/C27H28N4O3S/c1-19-16-20(18-31(19)23-8-10-24(33-3)11-9-23)17-25-26(32)29(2)27(35-25)28-21-4-6-22(7-5-21)30-12-14-34-15-13-30/h4-11,16-18H,12-15H2,1-3H3/b25-17+,28-27?. The van der Waals surface area contributed by atoms with Gasteiger partial charge in [0.2, 0.25) is 0 Å². The van der Waals surface area contributed by atoms with Gasteiger partial charge in [0.1, 0.15) is 5.75 Å². The van der Waals surface area contributed by atoms with Gasteiger partial charge in [0.05, 0.1) is 30.9 Å². The van der Waals surface area contributed by atoms with Crippen LogP contribution in [-0.4, -0.2) is 61.0 Å². The van der Waals surface area contributed by atoms with Crippen LogP contribution in [0.5, 0.6) is 5.75 Å². The maximum atomic E-state index is 12.9. The number of anilines is 1. The Labute approximate surface area is 209 Å². The summed E-state index contributed by atoms with van der Waals surface area (Å²) in [7, 11) is 3.43. The molecule has 2 aliphatic heterocycles. The van der Waals surface area contributed by atoms with E-state index in [1.165, 1.54) is 11.8 Å². The van der Waals surface area contributed by atoms with Crippen molar-refractivity contribution in [2.75, 3.05) is 45.4 Å². The zero-order chi connectivity index (χ0) is 24.4. The number of aromatic nitrogens is 1. The molecule has 2 fully saturated rings. The van der Waals surface area contributed by atoms with Gasteiger partial charge in [-0.05, 0) is 84.9 Å². The van der Waals surface area contributed by atoms with E-state index in [1.807, 2.05) is 48.7 Å². The van der Waals surface area contributed by atoms with Gasteiger partial charge in [0.25, 0.3) is 5.91 Å². The topological polar surface area (TPSA) is 59.3 Å². The molecule has 2 saturated heterocycles. The summed E-state index contributed by atoms with van der Waals surface area (Å²) in [6.45, 7) is 5.36. The molecule has 3 aromatic rings. The minimum Gasteiger partial charge on any atom is -0.497 e. The third-order valence-electron chi connectivity index (χ3n) is 6.14. The van der Waals surface area contributed by atoms with Crippen molar-refractivity contribution >= 4 is 40.3 Å². The van der Waals surface area contributed by atoms with Crippen LogP contribution in [0.2, 0.25) is 0 Å². The molecule has 35 heavy (non-hydrogen) atoms. The highest BCUT2D eigenvalue weighted by atomic mass is 32.2. The van der Waals surface area contributed by atoms with Crippen LogP contribution in [-0.2, 0) is 9.53 Å². The Balaban J connectivity index is 1.33. The van der Waals surface area contributed by atoms with E-state index in [2.05, 4.69) is 34.6 Å². The molecule has 2 aliphatic rings. The van der Waals surface area contributed by atoms with E-state index in [0.29, 0.717) is 10.1 Å². The number of amides is 1. The van der Waals surface area contributed by atoms with Crippen molar-refractivity contribution in [1.29, 1.82) is 0 Å². The van der Waals surface area contributed by atoms with E-state index in [0.717, 1.165) is 60.4 Å². The number of benzene rings is 2. The number of amidine groups is 1. The number of rotatable bonds is 5. The van der Waals surface area contributed by atoms with Crippen molar-refractivity contribution < 1.29 is 14.3 Å². The van der Waals surface area contributed by atoms with Crippen LogP contribution in [0.25, 0.3) is 11.8 Å². The molecule has 5 rings (SSSR count). The van der Waals surface area contributed by atoms with Gasteiger partial charge in [-0.25, -0.2) is 4.99 Å². The predicted octanol–water partition coefficient (Wildman–Crippen LogP) is 4.86. The quantitative estimate of drug-likeness (QED) is 0.480. The first-order valence-electron chi connectivity index (χ1n) is 11.5. The number of nitrogens with zero attached hydrogens (tertiary/aromatic N) is 4. The maximum Gasteiger partial charge on any atom is 0.266 e. The minimum absolute atomic E-state index is 0.0477. The number of hydrogen-bond acceptors (Lipinski definition) is 6. The first-order chi connectivity index (χ1) is 17.0. The van der Waals surface area contributed by atoms with Crippen molar-refractivity contribution in [2.24, 2.45) is 4.99 Å². The van der Waals surface area contributed by atoms with Gasteiger partial charge < -0.3 is 18.9 Å². The van der Waals surface area contributed by atoms with Gasteiger partial charge in [-0.1, -0.05) is 0 Å². The molecule has 3 heterocycles. The smallest absolute Gasteiger partial charge is 0.266 e. The van der Waals surface area contributed by atoms with Crippen molar-refractivity contribution in [2.45, 2.75) is 6.92 Å². The summed E-state index contributed by atoms with van der Waals surface area (Å²) < 4.78 is 12.8. The van der Waals surface area contributed by atoms with Gasteiger partial charge in [0, 0.05) is 43.4 Å². The summed E-state index contributed by atoms with van der Waals surface area (Å²) in [4.78, 5) is 22.2. The van der Waals surface area contributed by atoms with Crippen LogP contribution >= 0.6 is 11.8 Å². The number of morpholine rings is 1. The number of carbonyl (C=O) groups excluding carboxylic acids is 1. The number of carbonyl (C=O) groups is 1. The Morgan fingerprint density at radius 3 is 2.40 bits per heavy atom. The van der Waals surface area contributed by atoms with Crippen LogP contribution in [0.3, 0.4) is 0 Å². The van der Waals surface area contributed by atoms with Crippen LogP contribution in [0, 0.1) is 6.92 Å². The highest BCUT2D eigenvalue weighted by molar-refractivity contribution is 8.18. The molecule has 0 radical (unpaired) electrons. The maximum absolute atomic E-state index is 12.9. The lowest BCUT2D eigenvalue weighted by molar-refractivity contribution is -0.121. The number of likely N-dealkylation sites (N-methyl/N-ethyl adjacent to an activating group) is 1. The molecule has 1 amide bonds. The Morgan fingerprint density at radius 1 is 1.03 bits per heavy atom. The first-order valence-corrected chi connectivity index (χ1v) is 12.4. The number of aliphatic imine (C=N–C) groups is 1. The summed E-state index contributed by atoms with van der Waals surface area (Å²) in [5.41, 5.74) is 5.09. The Kier molecular flexibility index (Phi) is 6.66. The highest BCUT2D eigenvalue weighted by Crippen LogP contribution is 2.34. The SMILES string of the molecule is COc1ccc(-n2cc(/C=C3/SC(=Nc4ccc(N5CCOCC5)cc4)N(C)C3=O)cc2C)cc1. The van der Waals surface area contributed by atoms with Crippen molar-refractivity contribution in [1.82, 2.24) is 9.47 Å². The molecule has 8 heteroatoms. The zero-order valence-electron chi connectivity index (χ0n) is 20.1. The molecule has 7 nitrogen and oxygen atoms in total. The first kappa shape index (κ1) is 23.3. The molecule has 180 valence electrons. The van der Waals surface area contributed by atoms with E-state index in [4.69, 9.17) is 14.5 Å². The Hall–Kier alpha value is -3.49. The molecule has 0 unspecified atom stereocenters. The van der Waals surface area contributed by atoms with Gasteiger partial charge >= 0.3 is 0 Å². The number of thioether (sulfide) groups is 1. The molecular weight excluding hydrogens is 460 g/mol. The normalized spacial score (nSPS) is 18.7. The van der Waals surface area contributed by atoms with Crippen LogP contribution in [0.4, 0.5) is 11.4 Å². The van der Waals surface area contributed by atoms with Crippen LogP contribution in [0.15, 0.2) is 70.7 Å². The van der Waals surface area contributed by atoms with Crippen molar-refractivity contribution in [3.63, 3.8) is 0 Å². The van der Waals surface area contributed by atoms with Crippen LogP contribution < -0.4 is 9.64 Å². The monoisotopic (exact) mass is 488 g/mol. The fourth-order valence-corrected chi connectivity index (χ4v) is 5.16. The minimum atomic E-state index is -0.0477. The number of ether oxygens (including phenoxy) is 2. The summed E-state index contributed by atoms with van der Waals surface area (Å²) >= 11 is 1.40. The fraction of sp³-hybridized carbons (Fsp3) is 0.259. The molecule has 0 bridgehead atoms. The van der Waals surface area contributed by atoms with Crippen molar-refractivity contribution in [3.05, 3.63) is 77.0 Å². The van der Waals surface area contributed by atoms with Gasteiger partial charge in [-0.3, -0.25) is 9.69 Å². The van der Waals surface area contributed by atoms with E-state index in [-0.39, 0.29) is 5.91 Å². The summed E-state index contributed by atoms with van der Waals surface area (Å²) in [5.74, 6) is 0.771. The van der Waals surface area contributed by atoms with Gasteiger partial charge in [-0.2, -0.15) is 0 Å².